The molecular formula is C15H26N2. The summed E-state index contributed by atoms with van der Waals surface area (Å²) in [6.07, 6.45) is 2.22. The van der Waals surface area contributed by atoms with E-state index >= 15 is 0 Å². The van der Waals surface area contributed by atoms with Gasteiger partial charge in [0.25, 0.3) is 0 Å². The molecule has 0 saturated heterocycles. The molecule has 2 nitrogen and oxygen atoms in total. The highest BCUT2D eigenvalue weighted by Gasteiger charge is 2.16. The lowest BCUT2D eigenvalue weighted by Crippen LogP contribution is -2.29. The first-order valence-corrected chi connectivity index (χ1v) is 6.48. The van der Waals surface area contributed by atoms with Gasteiger partial charge in [0.05, 0.1) is 0 Å². The minimum Gasteiger partial charge on any atom is -0.375 e. The monoisotopic (exact) mass is 234 g/mol. The molecule has 0 saturated carbocycles. The van der Waals surface area contributed by atoms with Crippen molar-refractivity contribution in [1.82, 2.24) is 0 Å². The van der Waals surface area contributed by atoms with Crippen LogP contribution in [-0.4, -0.2) is 20.1 Å². The van der Waals surface area contributed by atoms with E-state index in [1.54, 1.807) is 0 Å². The van der Waals surface area contributed by atoms with Gasteiger partial charge in [0.2, 0.25) is 0 Å². The first-order valence-electron chi connectivity index (χ1n) is 6.48. The Bertz CT molecular complexity index is 327. The standard InChI is InChI=1S/C15H26N2/c1-5-13-6-8-14(9-7-13)17(4)11-10-15(2,3)12-16/h6-9H,5,10-12,16H2,1-4H3. The van der Waals surface area contributed by atoms with Crippen molar-refractivity contribution in [3.05, 3.63) is 29.8 Å². The molecule has 0 atom stereocenters. The maximum Gasteiger partial charge on any atom is 0.0363 e. The number of hydrogen-bond acceptors (Lipinski definition) is 2. The zero-order chi connectivity index (χ0) is 12.9. The lowest BCUT2D eigenvalue weighted by Gasteiger charge is -2.27. The molecule has 1 rings (SSSR count). The van der Waals surface area contributed by atoms with Crippen molar-refractivity contribution < 1.29 is 0 Å². The molecule has 1 aromatic carbocycles. The van der Waals surface area contributed by atoms with Crippen molar-refractivity contribution in [3.8, 4) is 0 Å². The second kappa shape index (κ2) is 6.06. The van der Waals surface area contributed by atoms with E-state index in [0.717, 1.165) is 25.9 Å². The Kier molecular flexibility index (Phi) is 5.01. The topological polar surface area (TPSA) is 29.3 Å². The van der Waals surface area contributed by atoms with Crippen LogP contribution in [-0.2, 0) is 6.42 Å². The summed E-state index contributed by atoms with van der Waals surface area (Å²) in [7, 11) is 2.15. The van der Waals surface area contributed by atoms with E-state index in [4.69, 9.17) is 5.73 Å². The van der Waals surface area contributed by atoms with Gasteiger partial charge in [-0.05, 0) is 42.5 Å². The zero-order valence-corrected chi connectivity index (χ0v) is 11.7. The third-order valence-electron chi connectivity index (χ3n) is 3.46. The van der Waals surface area contributed by atoms with Crippen LogP contribution in [0.4, 0.5) is 5.69 Å². The summed E-state index contributed by atoms with van der Waals surface area (Å²) in [5.41, 5.74) is 8.66. The summed E-state index contributed by atoms with van der Waals surface area (Å²) >= 11 is 0. The van der Waals surface area contributed by atoms with Gasteiger partial charge >= 0.3 is 0 Å². The highest BCUT2D eigenvalue weighted by atomic mass is 15.1. The number of nitrogens with two attached hydrogens (primary N) is 1. The maximum atomic E-state index is 5.75. The second-order valence-corrected chi connectivity index (χ2v) is 5.56. The van der Waals surface area contributed by atoms with Crippen molar-refractivity contribution in [2.24, 2.45) is 11.1 Å². The number of nitrogens with zero attached hydrogens (tertiary/aromatic N) is 1. The number of benzene rings is 1. The van der Waals surface area contributed by atoms with Crippen molar-refractivity contribution in [2.75, 3.05) is 25.0 Å². The van der Waals surface area contributed by atoms with Gasteiger partial charge in [-0.25, -0.2) is 0 Å². The summed E-state index contributed by atoms with van der Waals surface area (Å²) in [6, 6.07) is 8.82. The lowest BCUT2D eigenvalue weighted by molar-refractivity contribution is 0.351. The van der Waals surface area contributed by atoms with Gasteiger partial charge in [-0.3, -0.25) is 0 Å². The van der Waals surface area contributed by atoms with E-state index in [-0.39, 0.29) is 5.41 Å². The molecule has 0 heterocycles. The number of anilines is 1. The molecule has 2 N–H and O–H groups in total. The van der Waals surface area contributed by atoms with E-state index in [1.807, 2.05) is 0 Å². The third kappa shape index (κ3) is 4.39. The Labute approximate surface area is 106 Å². The van der Waals surface area contributed by atoms with Crippen LogP contribution in [0.1, 0.15) is 32.8 Å². The highest BCUT2D eigenvalue weighted by Crippen LogP contribution is 2.21. The van der Waals surface area contributed by atoms with Crippen molar-refractivity contribution in [3.63, 3.8) is 0 Å². The largest absolute Gasteiger partial charge is 0.375 e. The fraction of sp³-hybridized carbons (Fsp3) is 0.600. The summed E-state index contributed by atoms with van der Waals surface area (Å²) < 4.78 is 0. The average Bonchev–Trinajstić information content (AvgIpc) is 2.36. The molecular weight excluding hydrogens is 208 g/mol. The molecule has 0 radical (unpaired) electrons. The molecule has 0 fully saturated rings. The molecule has 0 unspecified atom stereocenters. The van der Waals surface area contributed by atoms with Crippen molar-refractivity contribution >= 4 is 5.69 Å². The SMILES string of the molecule is CCc1ccc(N(C)CCC(C)(C)CN)cc1. The molecule has 0 amide bonds. The van der Waals surface area contributed by atoms with Crippen LogP contribution in [0.25, 0.3) is 0 Å². The fourth-order valence-electron chi connectivity index (χ4n) is 1.69. The fourth-order valence-corrected chi connectivity index (χ4v) is 1.69. The molecule has 1 aromatic rings. The lowest BCUT2D eigenvalue weighted by atomic mass is 9.89. The Morgan fingerprint density at radius 1 is 1.18 bits per heavy atom. The predicted molar refractivity (Wildman–Crippen MR) is 76.5 cm³/mol. The number of rotatable bonds is 6. The number of hydrogen-bond donors (Lipinski definition) is 1. The first-order chi connectivity index (χ1) is 7.98. The molecule has 96 valence electrons. The molecule has 0 spiro atoms. The molecule has 0 bridgehead atoms. The van der Waals surface area contributed by atoms with Crippen LogP contribution in [0.5, 0.6) is 0 Å². The quantitative estimate of drug-likeness (QED) is 0.819. The first kappa shape index (κ1) is 14.0. The van der Waals surface area contributed by atoms with E-state index < -0.39 is 0 Å². The summed E-state index contributed by atoms with van der Waals surface area (Å²) in [5, 5.41) is 0. The van der Waals surface area contributed by atoms with Crippen LogP contribution < -0.4 is 10.6 Å². The smallest absolute Gasteiger partial charge is 0.0363 e. The highest BCUT2D eigenvalue weighted by molar-refractivity contribution is 5.46. The summed E-state index contributed by atoms with van der Waals surface area (Å²) in [5.74, 6) is 0. The van der Waals surface area contributed by atoms with Crippen LogP contribution in [0.15, 0.2) is 24.3 Å². The minimum atomic E-state index is 0.234. The summed E-state index contributed by atoms with van der Waals surface area (Å²) in [4.78, 5) is 2.30. The Balaban J connectivity index is 2.54. The van der Waals surface area contributed by atoms with Crippen LogP contribution >= 0.6 is 0 Å². The normalized spacial score (nSPS) is 11.6. The molecule has 0 aliphatic heterocycles. The summed E-state index contributed by atoms with van der Waals surface area (Å²) in [6.45, 7) is 8.43. The van der Waals surface area contributed by atoms with Gasteiger partial charge in [0, 0.05) is 19.3 Å². The Morgan fingerprint density at radius 2 is 1.76 bits per heavy atom. The average molecular weight is 234 g/mol. The van der Waals surface area contributed by atoms with Crippen molar-refractivity contribution in [2.45, 2.75) is 33.6 Å². The van der Waals surface area contributed by atoms with Crippen LogP contribution in [0, 0.1) is 5.41 Å². The van der Waals surface area contributed by atoms with Gasteiger partial charge in [-0.2, -0.15) is 0 Å². The van der Waals surface area contributed by atoms with E-state index in [1.165, 1.54) is 11.3 Å². The Morgan fingerprint density at radius 3 is 2.24 bits per heavy atom. The van der Waals surface area contributed by atoms with Gasteiger partial charge in [0.15, 0.2) is 0 Å². The van der Waals surface area contributed by atoms with Crippen LogP contribution in [0.3, 0.4) is 0 Å². The van der Waals surface area contributed by atoms with Gasteiger partial charge in [-0.15, -0.1) is 0 Å². The van der Waals surface area contributed by atoms with Gasteiger partial charge < -0.3 is 10.6 Å². The van der Waals surface area contributed by atoms with Gasteiger partial charge in [-0.1, -0.05) is 32.9 Å². The van der Waals surface area contributed by atoms with Crippen molar-refractivity contribution in [1.29, 1.82) is 0 Å². The molecule has 17 heavy (non-hydrogen) atoms. The van der Waals surface area contributed by atoms with Gasteiger partial charge in [0.1, 0.15) is 0 Å². The van der Waals surface area contributed by atoms with E-state index in [9.17, 15) is 0 Å². The Hall–Kier alpha value is -1.02. The van der Waals surface area contributed by atoms with Crippen LogP contribution in [0.2, 0.25) is 0 Å². The predicted octanol–water partition coefficient (Wildman–Crippen LogP) is 3.06. The molecule has 0 aromatic heterocycles. The van der Waals surface area contributed by atoms with E-state index in [0.29, 0.717) is 0 Å². The minimum absolute atomic E-state index is 0.234. The molecule has 0 aliphatic carbocycles. The second-order valence-electron chi connectivity index (χ2n) is 5.56. The van der Waals surface area contributed by atoms with E-state index in [2.05, 4.69) is 57.0 Å². The molecule has 0 aliphatic rings. The molecule has 2 heteroatoms. The maximum absolute atomic E-state index is 5.75. The zero-order valence-electron chi connectivity index (χ0n) is 11.7. The third-order valence-corrected chi connectivity index (χ3v) is 3.46. The number of aryl methyl sites for hydroxylation is 1.